The number of rotatable bonds is 3. The van der Waals surface area contributed by atoms with Gasteiger partial charge in [-0.15, -0.1) is 0 Å². The molecule has 1 saturated heterocycles. The van der Waals surface area contributed by atoms with Gasteiger partial charge in [-0.1, -0.05) is 26.0 Å². The maximum atomic E-state index is 12.1. The molecule has 3 rings (SSSR count). The van der Waals surface area contributed by atoms with E-state index in [0.717, 1.165) is 22.9 Å². The standard InChI is InChI=1S/C18H22N2O2/c1-11(2)8-12-4-5-13-15(10-20(3)16(13)9-12)14-6-7-17(21)19-18(14)22/h4-5,9-11,14H,6-8H2,1-3H3,(H,19,21,22). The predicted octanol–water partition coefficient (Wildman–Crippen LogP) is 2.90. The van der Waals surface area contributed by atoms with Crippen LogP contribution in [0.1, 0.15) is 43.7 Å². The number of fused-ring (bicyclic) bond motifs is 1. The third-order valence-electron chi connectivity index (χ3n) is 4.34. The quantitative estimate of drug-likeness (QED) is 0.886. The normalized spacial score (nSPS) is 19.0. The van der Waals surface area contributed by atoms with Crippen molar-refractivity contribution in [3.8, 4) is 0 Å². The average Bonchev–Trinajstić information content (AvgIpc) is 2.75. The summed E-state index contributed by atoms with van der Waals surface area (Å²) < 4.78 is 2.08. The first-order valence-corrected chi connectivity index (χ1v) is 7.87. The lowest BCUT2D eigenvalue weighted by Gasteiger charge is -2.20. The first kappa shape index (κ1) is 14.8. The summed E-state index contributed by atoms with van der Waals surface area (Å²) in [6.07, 6.45) is 4.09. The molecule has 0 bridgehead atoms. The lowest BCUT2D eigenvalue weighted by Crippen LogP contribution is -2.39. The number of benzene rings is 1. The van der Waals surface area contributed by atoms with E-state index in [2.05, 4.69) is 41.9 Å². The van der Waals surface area contributed by atoms with Gasteiger partial charge in [0.1, 0.15) is 0 Å². The Balaban J connectivity index is 2.01. The van der Waals surface area contributed by atoms with Crippen molar-refractivity contribution in [3.63, 3.8) is 0 Å². The molecule has 1 aliphatic heterocycles. The van der Waals surface area contributed by atoms with Crippen LogP contribution in [0.4, 0.5) is 0 Å². The van der Waals surface area contributed by atoms with Gasteiger partial charge < -0.3 is 4.57 Å². The van der Waals surface area contributed by atoms with Gasteiger partial charge >= 0.3 is 0 Å². The van der Waals surface area contributed by atoms with E-state index < -0.39 is 0 Å². The first-order valence-electron chi connectivity index (χ1n) is 7.87. The summed E-state index contributed by atoms with van der Waals surface area (Å²) in [5.74, 6) is 0.0559. The molecule has 4 heteroatoms. The molecule has 1 N–H and O–H groups in total. The Hall–Kier alpha value is -2.10. The van der Waals surface area contributed by atoms with Crippen LogP contribution in [0.5, 0.6) is 0 Å². The molecule has 2 heterocycles. The fraction of sp³-hybridized carbons (Fsp3) is 0.444. The van der Waals surface area contributed by atoms with Crippen LogP contribution in [0.2, 0.25) is 0 Å². The number of hydrogen-bond donors (Lipinski definition) is 1. The van der Waals surface area contributed by atoms with Gasteiger partial charge in [0.2, 0.25) is 11.8 Å². The van der Waals surface area contributed by atoms with E-state index >= 15 is 0 Å². The zero-order chi connectivity index (χ0) is 15.9. The van der Waals surface area contributed by atoms with Crippen LogP contribution in [0, 0.1) is 5.92 Å². The fourth-order valence-corrected chi connectivity index (χ4v) is 3.33. The van der Waals surface area contributed by atoms with Crippen LogP contribution in [-0.4, -0.2) is 16.4 Å². The van der Waals surface area contributed by atoms with E-state index in [4.69, 9.17) is 0 Å². The van der Waals surface area contributed by atoms with Crippen molar-refractivity contribution in [2.75, 3.05) is 0 Å². The molecule has 1 aliphatic rings. The second-order valence-corrected chi connectivity index (χ2v) is 6.65. The zero-order valence-corrected chi connectivity index (χ0v) is 13.3. The molecule has 2 amide bonds. The van der Waals surface area contributed by atoms with Crippen molar-refractivity contribution < 1.29 is 9.59 Å². The molecule has 116 valence electrons. The molecule has 4 nitrogen and oxygen atoms in total. The van der Waals surface area contributed by atoms with Crippen molar-refractivity contribution in [1.82, 2.24) is 9.88 Å². The van der Waals surface area contributed by atoms with Crippen molar-refractivity contribution in [2.45, 2.75) is 39.0 Å². The molecule has 0 saturated carbocycles. The average molecular weight is 298 g/mol. The minimum atomic E-state index is -0.225. The number of piperidine rings is 1. The van der Waals surface area contributed by atoms with Crippen molar-refractivity contribution in [3.05, 3.63) is 35.5 Å². The third-order valence-corrected chi connectivity index (χ3v) is 4.34. The summed E-state index contributed by atoms with van der Waals surface area (Å²) in [7, 11) is 2.01. The van der Waals surface area contributed by atoms with Gasteiger partial charge in [-0.25, -0.2) is 0 Å². The Morgan fingerprint density at radius 1 is 1.32 bits per heavy atom. The number of aryl methyl sites for hydroxylation is 1. The summed E-state index contributed by atoms with van der Waals surface area (Å²) in [5.41, 5.74) is 3.50. The van der Waals surface area contributed by atoms with Gasteiger partial charge in [-0.2, -0.15) is 0 Å². The predicted molar refractivity (Wildman–Crippen MR) is 86.6 cm³/mol. The highest BCUT2D eigenvalue weighted by molar-refractivity contribution is 6.03. The topological polar surface area (TPSA) is 51.1 Å². The maximum Gasteiger partial charge on any atom is 0.234 e. The van der Waals surface area contributed by atoms with Gasteiger partial charge in [0, 0.05) is 30.6 Å². The summed E-state index contributed by atoms with van der Waals surface area (Å²) in [5, 5.41) is 3.57. The van der Waals surface area contributed by atoms with Crippen LogP contribution in [0.25, 0.3) is 10.9 Å². The summed E-state index contributed by atoms with van der Waals surface area (Å²) in [6, 6.07) is 6.48. The second-order valence-electron chi connectivity index (χ2n) is 6.65. The minimum absolute atomic E-state index is 0.166. The number of aromatic nitrogens is 1. The monoisotopic (exact) mass is 298 g/mol. The Kier molecular flexibility index (Phi) is 3.77. The summed E-state index contributed by atoms with van der Waals surface area (Å²) in [6.45, 7) is 4.42. The van der Waals surface area contributed by atoms with Crippen LogP contribution in [-0.2, 0) is 23.1 Å². The summed E-state index contributed by atoms with van der Waals surface area (Å²) >= 11 is 0. The number of imide groups is 1. The Morgan fingerprint density at radius 3 is 2.77 bits per heavy atom. The molecule has 1 aromatic heterocycles. The van der Waals surface area contributed by atoms with Gasteiger partial charge in [-0.05, 0) is 36.0 Å². The fourth-order valence-electron chi connectivity index (χ4n) is 3.33. The van der Waals surface area contributed by atoms with E-state index in [1.165, 1.54) is 5.56 Å². The number of carbonyl (C=O) groups excluding carboxylic acids is 2. The van der Waals surface area contributed by atoms with E-state index in [1.807, 2.05) is 13.2 Å². The van der Waals surface area contributed by atoms with E-state index in [0.29, 0.717) is 18.8 Å². The molecule has 1 atom stereocenters. The molecule has 0 aliphatic carbocycles. The molecule has 1 unspecified atom stereocenters. The van der Waals surface area contributed by atoms with Crippen molar-refractivity contribution in [1.29, 1.82) is 0 Å². The van der Waals surface area contributed by atoms with Crippen LogP contribution in [0.3, 0.4) is 0 Å². The molecular formula is C18H22N2O2. The highest BCUT2D eigenvalue weighted by Gasteiger charge is 2.30. The first-order chi connectivity index (χ1) is 10.5. The van der Waals surface area contributed by atoms with Gasteiger partial charge in [0.05, 0.1) is 5.92 Å². The van der Waals surface area contributed by atoms with Crippen molar-refractivity contribution >= 4 is 22.7 Å². The number of amides is 2. The number of nitrogens with zero attached hydrogens (tertiary/aromatic N) is 1. The van der Waals surface area contributed by atoms with Gasteiger partial charge in [0.25, 0.3) is 0 Å². The third kappa shape index (κ3) is 2.65. The van der Waals surface area contributed by atoms with E-state index in [9.17, 15) is 9.59 Å². The van der Waals surface area contributed by atoms with Crippen molar-refractivity contribution in [2.24, 2.45) is 13.0 Å². The molecule has 22 heavy (non-hydrogen) atoms. The van der Waals surface area contributed by atoms with Gasteiger partial charge in [-0.3, -0.25) is 14.9 Å². The molecule has 0 spiro atoms. The molecule has 1 fully saturated rings. The Labute approximate surface area is 130 Å². The zero-order valence-electron chi connectivity index (χ0n) is 13.3. The smallest absolute Gasteiger partial charge is 0.234 e. The second kappa shape index (κ2) is 5.59. The molecular weight excluding hydrogens is 276 g/mol. The number of nitrogens with one attached hydrogen (secondary N) is 1. The van der Waals surface area contributed by atoms with Crippen LogP contribution < -0.4 is 5.32 Å². The molecule has 2 aromatic rings. The van der Waals surface area contributed by atoms with Crippen LogP contribution >= 0.6 is 0 Å². The lowest BCUT2D eigenvalue weighted by molar-refractivity contribution is -0.134. The van der Waals surface area contributed by atoms with Gasteiger partial charge in [0.15, 0.2) is 0 Å². The summed E-state index contributed by atoms with van der Waals surface area (Å²) in [4.78, 5) is 23.5. The maximum absolute atomic E-state index is 12.1. The van der Waals surface area contributed by atoms with Crippen LogP contribution in [0.15, 0.2) is 24.4 Å². The SMILES string of the molecule is CC(C)Cc1ccc2c(C3CCC(=O)NC3=O)cn(C)c2c1. The van der Waals surface area contributed by atoms with E-state index in [-0.39, 0.29) is 17.7 Å². The largest absolute Gasteiger partial charge is 0.350 e. The minimum Gasteiger partial charge on any atom is -0.350 e. The highest BCUT2D eigenvalue weighted by atomic mass is 16.2. The van der Waals surface area contributed by atoms with E-state index in [1.54, 1.807) is 0 Å². The number of hydrogen-bond acceptors (Lipinski definition) is 2. The Morgan fingerprint density at radius 2 is 2.09 bits per heavy atom. The molecule has 1 aromatic carbocycles. The molecule has 0 radical (unpaired) electrons. The lowest BCUT2D eigenvalue weighted by atomic mass is 9.90. The highest BCUT2D eigenvalue weighted by Crippen LogP contribution is 2.32. The Bertz CT molecular complexity index is 743. The number of carbonyl (C=O) groups is 2.